The van der Waals surface area contributed by atoms with Crippen molar-refractivity contribution >= 4 is 34.9 Å². The van der Waals surface area contributed by atoms with E-state index < -0.39 is 0 Å². The number of carbonyl (C=O) groups is 1. The van der Waals surface area contributed by atoms with E-state index in [2.05, 4.69) is 10.6 Å². The summed E-state index contributed by atoms with van der Waals surface area (Å²) in [6.07, 6.45) is 0. The molecule has 24 heavy (non-hydrogen) atoms. The van der Waals surface area contributed by atoms with E-state index in [9.17, 15) is 4.79 Å². The van der Waals surface area contributed by atoms with Gasteiger partial charge >= 0.3 is 6.03 Å². The third-order valence-corrected chi connectivity index (χ3v) is 4.20. The average Bonchev–Trinajstić information content (AvgIpc) is 2.52. The molecular formula is C18H20Cl2N2O2. The second kappa shape index (κ2) is 8.27. The third kappa shape index (κ3) is 4.79. The number of anilines is 1. The zero-order valence-electron chi connectivity index (χ0n) is 13.8. The van der Waals surface area contributed by atoms with E-state index in [4.69, 9.17) is 27.9 Å². The van der Waals surface area contributed by atoms with Crippen molar-refractivity contribution in [2.24, 2.45) is 0 Å². The molecule has 4 nitrogen and oxygen atoms in total. The summed E-state index contributed by atoms with van der Waals surface area (Å²) >= 11 is 11.8. The van der Waals surface area contributed by atoms with Gasteiger partial charge in [-0.15, -0.1) is 0 Å². The minimum Gasteiger partial charge on any atom is -0.494 e. The maximum Gasteiger partial charge on any atom is 0.319 e. The highest BCUT2D eigenvalue weighted by molar-refractivity contribution is 6.42. The van der Waals surface area contributed by atoms with Crippen molar-refractivity contribution < 1.29 is 9.53 Å². The number of halogens is 2. The number of nitrogens with one attached hydrogen (secondary N) is 2. The Balaban J connectivity index is 2.08. The smallest absolute Gasteiger partial charge is 0.319 e. The largest absolute Gasteiger partial charge is 0.494 e. The van der Waals surface area contributed by atoms with Gasteiger partial charge in [0.05, 0.1) is 22.7 Å². The Kier molecular flexibility index (Phi) is 6.35. The van der Waals surface area contributed by atoms with Gasteiger partial charge in [-0.25, -0.2) is 4.79 Å². The van der Waals surface area contributed by atoms with Crippen molar-refractivity contribution in [1.82, 2.24) is 5.32 Å². The van der Waals surface area contributed by atoms with Gasteiger partial charge in [-0.3, -0.25) is 0 Å². The van der Waals surface area contributed by atoms with Gasteiger partial charge in [0.1, 0.15) is 5.75 Å². The van der Waals surface area contributed by atoms with Crippen LogP contribution >= 0.6 is 23.2 Å². The van der Waals surface area contributed by atoms with E-state index in [1.54, 1.807) is 18.2 Å². The third-order valence-electron chi connectivity index (χ3n) is 3.46. The molecule has 2 aromatic rings. The minimum absolute atomic E-state index is 0.214. The van der Waals surface area contributed by atoms with E-state index in [0.717, 1.165) is 16.9 Å². The minimum atomic E-state index is -0.329. The highest BCUT2D eigenvalue weighted by Crippen LogP contribution is 2.27. The molecule has 0 saturated carbocycles. The Morgan fingerprint density at radius 3 is 2.58 bits per heavy atom. The van der Waals surface area contributed by atoms with E-state index in [1.165, 1.54) is 0 Å². The Bertz CT molecular complexity index is 735. The Morgan fingerprint density at radius 2 is 1.92 bits per heavy atom. The predicted octanol–water partition coefficient (Wildman–Crippen LogP) is 5.58. The molecule has 2 N–H and O–H groups in total. The van der Waals surface area contributed by atoms with Crippen LogP contribution in [0.4, 0.5) is 10.5 Å². The molecule has 2 aromatic carbocycles. The van der Waals surface area contributed by atoms with E-state index >= 15 is 0 Å². The first-order valence-electron chi connectivity index (χ1n) is 7.66. The van der Waals surface area contributed by atoms with Gasteiger partial charge in [-0.05, 0) is 45.0 Å². The molecule has 1 unspecified atom stereocenters. The molecule has 0 spiro atoms. The lowest BCUT2D eigenvalue weighted by Gasteiger charge is -2.19. The maximum atomic E-state index is 12.2. The van der Waals surface area contributed by atoms with E-state index in [1.807, 2.05) is 39.0 Å². The molecule has 0 bridgehead atoms. The number of ether oxygens (including phenoxy) is 1. The molecule has 0 aromatic heterocycles. The van der Waals surface area contributed by atoms with Gasteiger partial charge in [0, 0.05) is 11.3 Å². The fraction of sp³-hybridized carbons (Fsp3) is 0.278. The number of urea groups is 1. The molecule has 128 valence electrons. The van der Waals surface area contributed by atoms with Crippen molar-refractivity contribution in [3.63, 3.8) is 0 Å². The van der Waals surface area contributed by atoms with Crippen molar-refractivity contribution in [2.75, 3.05) is 11.9 Å². The molecule has 0 saturated heterocycles. The number of benzene rings is 2. The zero-order valence-corrected chi connectivity index (χ0v) is 15.3. The quantitative estimate of drug-likeness (QED) is 0.724. The summed E-state index contributed by atoms with van der Waals surface area (Å²) in [6, 6.07) is 10.3. The van der Waals surface area contributed by atoms with Crippen LogP contribution in [-0.4, -0.2) is 12.6 Å². The first-order valence-corrected chi connectivity index (χ1v) is 8.42. The van der Waals surface area contributed by atoms with Crippen LogP contribution in [0.25, 0.3) is 0 Å². The van der Waals surface area contributed by atoms with Gasteiger partial charge in [-0.2, -0.15) is 0 Å². The standard InChI is InChI=1S/C18H20Cl2N2O2/c1-4-24-17-8-5-11(2)9-14(17)12(3)21-18(23)22-13-6-7-15(19)16(20)10-13/h5-10,12H,4H2,1-3H3,(H2,21,22,23). The lowest BCUT2D eigenvalue weighted by molar-refractivity contribution is 0.249. The molecule has 6 heteroatoms. The van der Waals surface area contributed by atoms with Crippen LogP contribution in [0.2, 0.25) is 10.0 Å². The van der Waals surface area contributed by atoms with Crippen molar-refractivity contribution in [1.29, 1.82) is 0 Å². The molecule has 2 rings (SSSR count). The summed E-state index contributed by atoms with van der Waals surface area (Å²) in [5.74, 6) is 0.769. The average molecular weight is 367 g/mol. The van der Waals surface area contributed by atoms with Crippen LogP contribution in [0, 0.1) is 6.92 Å². The number of aryl methyl sites for hydroxylation is 1. The lowest BCUT2D eigenvalue weighted by Crippen LogP contribution is -2.31. The second-order valence-corrected chi connectivity index (χ2v) is 6.24. The van der Waals surface area contributed by atoms with E-state index in [-0.39, 0.29) is 12.1 Å². The molecule has 0 fully saturated rings. The summed E-state index contributed by atoms with van der Waals surface area (Å²) in [5, 5.41) is 6.47. The summed E-state index contributed by atoms with van der Waals surface area (Å²) < 4.78 is 5.64. The monoisotopic (exact) mass is 366 g/mol. The van der Waals surface area contributed by atoms with Gasteiger partial charge < -0.3 is 15.4 Å². The normalized spacial score (nSPS) is 11.7. The van der Waals surface area contributed by atoms with Crippen LogP contribution in [0.3, 0.4) is 0 Å². The Labute approximate surface area is 152 Å². The van der Waals surface area contributed by atoms with Crippen LogP contribution in [-0.2, 0) is 0 Å². The topological polar surface area (TPSA) is 50.4 Å². The predicted molar refractivity (Wildman–Crippen MR) is 99.4 cm³/mol. The number of amides is 2. The second-order valence-electron chi connectivity index (χ2n) is 5.42. The maximum absolute atomic E-state index is 12.2. The summed E-state index contributed by atoms with van der Waals surface area (Å²) in [4.78, 5) is 12.2. The molecule has 1 atom stereocenters. The highest BCUT2D eigenvalue weighted by atomic mass is 35.5. The van der Waals surface area contributed by atoms with Crippen molar-refractivity contribution in [2.45, 2.75) is 26.8 Å². The van der Waals surface area contributed by atoms with Crippen LogP contribution in [0.5, 0.6) is 5.75 Å². The Morgan fingerprint density at radius 1 is 1.17 bits per heavy atom. The van der Waals surface area contributed by atoms with Crippen LogP contribution in [0.15, 0.2) is 36.4 Å². The van der Waals surface area contributed by atoms with Gasteiger partial charge in [0.25, 0.3) is 0 Å². The van der Waals surface area contributed by atoms with Gasteiger partial charge in [-0.1, -0.05) is 40.9 Å². The molecule has 2 amide bonds. The van der Waals surface area contributed by atoms with Gasteiger partial charge in [0.2, 0.25) is 0 Å². The highest BCUT2D eigenvalue weighted by Gasteiger charge is 2.15. The first kappa shape index (κ1) is 18.4. The van der Waals surface area contributed by atoms with Crippen molar-refractivity contribution in [3.8, 4) is 5.75 Å². The number of rotatable bonds is 5. The number of hydrogen-bond donors (Lipinski definition) is 2. The van der Waals surface area contributed by atoms with Crippen LogP contribution in [0.1, 0.15) is 31.0 Å². The lowest BCUT2D eigenvalue weighted by atomic mass is 10.0. The summed E-state index contributed by atoms with van der Waals surface area (Å²) in [6.45, 7) is 6.41. The molecule has 0 aliphatic heterocycles. The first-order chi connectivity index (χ1) is 11.4. The van der Waals surface area contributed by atoms with Gasteiger partial charge in [0.15, 0.2) is 0 Å². The fourth-order valence-corrected chi connectivity index (χ4v) is 2.61. The number of hydrogen-bond acceptors (Lipinski definition) is 2. The molecule has 0 aliphatic carbocycles. The summed E-state index contributed by atoms with van der Waals surface area (Å²) in [7, 11) is 0. The molecule has 0 radical (unpaired) electrons. The molecule has 0 aliphatic rings. The SMILES string of the molecule is CCOc1ccc(C)cc1C(C)NC(=O)Nc1ccc(Cl)c(Cl)c1. The summed E-state index contributed by atoms with van der Waals surface area (Å²) in [5.41, 5.74) is 2.61. The fourth-order valence-electron chi connectivity index (χ4n) is 2.31. The zero-order chi connectivity index (χ0) is 17.7. The number of carbonyl (C=O) groups excluding carboxylic acids is 1. The van der Waals surface area contributed by atoms with Crippen molar-refractivity contribution in [3.05, 3.63) is 57.6 Å². The Hall–Kier alpha value is -1.91. The van der Waals surface area contributed by atoms with Crippen LogP contribution < -0.4 is 15.4 Å². The van der Waals surface area contributed by atoms with E-state index in [0.29, 0.717) is 22.3 Å². The molecule has 0 heterocycles. The molecular weight excluding hydrogens is 347 g/mol.